The van der Waals surface area contributed by atoms with Crippen molar-refractivity contribution in [3.05, 3.63) is 29.8 Å². The van der Waals surface area contributed by atoms with Crippen molar-refractivity contribution in [2.24, 2.45) is 5.92 Å². The van der Waals surface area contributed by atoms with E-state index in [4.69, 9.17) is 4.74 Å². The number of hydrogen-bond donors (Lipinski definition) is 1. The highest BCUT2D eigenvalue weighted by Gasteiger charge is 2.31. The summed E-state index contributed by atoms with van der Waals surface area (Å²) in [4.78, 5) is 22.6. The van der Waals surface area contributed by atoms with Crippen molar-refractivity contribution < 1.29 is 14.3 Å². The quantitative estimate of drug-likeness (QED) is 0.906. The smallest absolute Gasteiger partial charge is 0.286 e. The highest BCUT2D eigenvalue weighted by molar-refractivity contribution is 8.15. The first-order valence-electron chi connectivity index (χ1n) is 6.94. The Bertz CT molecular complexity index is 510. The van der Waals surface area contributed by atoms with E-state index in [1.807, 2.05) is 24.3 Å². The number of nitrogens with one attached hydrogen (secondary N) is 1. The Kier molecular flexibility index (Phi) is 3.96. The second kappa shape index (κ2) is 5.87. The molecular weight excluding hydrogens is 274 g/mol. The Hall–Kier alpha value is -1.49. The van der Waals surface area contributed by atoms with E-state index >= 15 is 0 Å². The Balaban J connectivity index is 1.52. The number of amides is 2. The molecular formula is C15H17NO3S. The van der Waals surface area contributed by atoms with E-state index in [1.165, 1.54) is 19.3 Å². The summed E-state index contributed by atoms with van der Waals surface area (Å²) >= 11 is 1.07. The van der Waals surface area contributed by atoms with Gasteiger partial charge in [0, 0.05) is 0 Å². The molecule has 20 heavy (non-hydrogen) atoms. The first kappa shape index (κ1) is 13.5. The molecule has 1 N–H and O–H groups in total. The molecule has 1 aliphatic heterocycles. The van der Waals surface area contributed by atoms with Gasteiger partial charge in [-0.2, -0.15) is 0 Å². The monoisotopic (exact) mass is 291 g/mol. The van der Waals surface area contributed by atoms with Crippen LogP contribution in [0.3, 0.4) is 0 Å². The Morgan fingerprint density at radius 2 is 1.95 bits per heavy atom. The van der Waals surface area contributed by atoms with E-state index in [1.54, 1.807) is 0 Å². The minimum atomic E-state index is -0.302. The summed E-state index contributed by atoms with van der Waals surface area (Å²) < 4.78 is 5.73. The molecule has 1 atom stereocenters. The van der Waals surface area contributed by atoms with Crippen LogP contribution >= 0.6 is 11.8 Å². The van der Waals surface area contributed by atoms with Gasteiger partial charge >= 0.3 is 0 Å². The van der Waals surface area contributed by atoms with Gasteiger partial charge in [-0.25, -0.2) is 0 Å². The lowest BCUT2D eigenvalue weighted by Gasteiger charge is -2.25. The highest BCUT2D eigenvalue weighted by Crippen LogP contribution is 2.27. The standard InChI is InChI=1S/C15H17NO3S/c17-14-13(20-15(18)16-14)8-10-4-6-12(7-5-10)19-9-11-2-1-3-11/h4-7,11,13H,1-3,8-9H2,(H,16,17,18). The third kappa shape index (κ3) is 3.15. The van der Waals surface area contributed by atoms with Gasteiger partial charge in [0.15, 0.2) is 0 Å². The molecule has 1 saturated carbocycles. The summed E-state index contributed by atoms with van der Waals surface area (Å²) in [6, 6.07) is 7.81. The van der Waals surface area contributed by atoms with Gasteiger partial charge in [-0.3, -0.25) is 14.9 Å². The zero-order chi connectivity index (χ0) is 13.9. The van der Waals surface area contributed by atoms with Crippen molar-refractivity contribution >= 4 is 22.9 Å². The SMILES string of the molecule is O=C1NC(=O)C(Cc2ccc(OCC3CCC3)cc2)S1. The zero-order valence-corrected chi connectivity index (χ0v) is 11.9. The number of ether oxygens (including phenoxy) is 1. The maximum absolute atomic E-state index is 11.5. The third-order valence-electron chi connectivity index (χ3n) is 3.82. The lowest BCUT2D eigenvalue weighted by molar-refractivity contribution is -0.118. The highest BCUT2D eigenvalue weighted by atomic mass is 32.2. The molecule has 1 unspecified atom stereocenters. The van der Waals surface area contributed by atoms with Crippen LogP contribution in [0.5, 0.6) is 5.75 Å². The van der Waals surface area contributed by atoms with Gasteiger partial charge in [-0.05, 0) is 42.9 Å². The molecule has 1 heterocycles. The van der Waals surface area contributed by atoms with Crippen molar-refractivity contribution in [3.63, 3.8) is 0 Å². The molecule has 0 spiro atoms. The van der Waals surface area contributed by atoms with Crippen molar-refractivity contribution in [1.82, 2.24) is 5.32 Å². The fraction of sp³-hybridized carbons (Fsp3) is 0.467. The molecule has 0 radical (unpaired) electrons. The predicted octanol–water partition coefficient (Wildman–Crippen LogP) is 2.76. The van der Waals surface area contributed by atoms with Gasteiger partial charge in [0.2, 0.25) is 5.91 Å². The van der Waals surface area contributed by atoms with Gasteiger partial charge < -0.3 is 4.74 Å². The average Bonchev–Trinajstić information content (AvgIpc) is 2.68. The van der Waals surface area contributed by atoms with Crippen LogP contribution in [-0.4, -0.2) is 23.0 Å². The molecule has 2 fully saturated rings. The van der Waals surface area contributed by atoms with Crippen molar-refractivity contribution in [2.45, 2.75) is 30.9 Å². The second-order valence-corrected chi connectivity index (χ2v) is 6.51. The summed E-state index contributed by atoms with van der Waals surface area (Å²) in [6.45, 7) is 0.800. The van der Waals surface area contributed by atoms with Crippen LogP contribution in [0, 0.1) is 5.92 Å². The number of rotatable bonds is 5. The average molecular weight is 291 g/mol. The summed E-state index contributed by atoms with van der Waals surface area (Å²) in [5, 5.41) is 1.75. The third-order valence-corrected chi connectivity index (χ3v) is 4.80. The van der Waals surface area contributed by atoms with E-state index in [9.17, 15) is 9.59 Å². The lowest BCUT2D eigenvalue weighted by atomic mass is 9.86. The molecule has 1 aromatic rings. The minimum absolute atomic E-state index is 0.190. The minimum Gasteiger partial charge on any atom is -0.493 e. The topological polar surface area (TPSA) is 55.4 Å². The van der Waals surface area contributed by atoms with E-state index < -0.39 is 0 Å². The van der Waals surface area contributed by atoms with Gasteiger partial charge in [-0.15, -0.1) is 0 Å². The number of imide groups is 1. The maximum atomic E-state index is 11.5. The molecule has 5 heteroatoms. The number of thioether (sulfide) groups is 1. The van der Waals surface area contributed by atoms with E-state index in [2.05, 4.69) is 5.32 Å². The summed E-state index contributed by atoms with van der Waals surface area (Å²) in [6.07, 6.45) is 4.46. The fourth-order valence-corrected chi connectivity index (χ4v) is 3.20. The van der Waals surface area contributed by atoms with Gasteiger partial charge in [0.05, 0.1) is 11.9 Å². The lowest BCUT2D eigenvalue weighted by Crippen LogP contribution is -2.25. The summed E-state index contributed by atoms with van der Waals surface area (Å²) in [5.41, 5.74) is 1.04. The van der Waals surface area contributed by atoms with Gasteiger partial charge in [0.1, 0.15) is 5.75 Å². The number of hydrogen-bond acceptors (Lipinski definition) is 4. The molecule has 4 nitrogen and oxygen atoms in total. The van der Waals surface area contributed by atoms with Crippen molar-refractivity contribution in [2.75, 3.05) is 6.61 Å². The first-order chi connectivity index (χ1) is 9.70. The van der Waals surface area contributed by atoms with Crippen LogP contribution < -0.4 is 10.1 Å². The zero-order valence-electron chi connectivity index (χ0n) is 11.1. The second-order valence-electron chi connectivity index (χ2n) is 5.34. The molecule has 2 aliphatic rings. The predicted molar refractivity (Wildman–Crippen MR) is 77.9 cm³/mol. The number of benzene rings is 1. The Morgan fingerprint density at radius 1 is 1.20 bits per heavy atom. The van der Waals surface area contributed by atoms with Crippen LogP contribution in [0.25, 0.3) is 0 Å². The maximum Gasteiger partial charge on any atom is 0.286 e. The number of carbonyl (C=O) groups excluding carboxylic acids is 2. The molecule has 0 aromatic heterocycles. The number of carbonyl (C=O) groups is 2. The van der Waals surface area contributed by atoms with Gasteiger partial charge in [0.25, 0.3) is 5.24 Å². The van der Waals surface area contributed by atoms with Gasteiger partial charge in [-0.1, -0.05) is 30.3 Å². The molecule has 106 valence electrons. The van der Waals surface area contributed by atoms with Crippen LogP contribution in [0.1, 0.15) is 24.8 Å². The van der Waals surface area contributed by atoms with Crippen LogP contribution in [0.15, 0.2) is 24.3 Å². The normalized spacial score (nSPS) is 22.5. The van der Waals surface area contributed by atoms with Crippen LogP contribution in [0.4, 0.5) is 4.79 Å². The largest absolute Gasteiger partial charge is 0.493 e. The fourth-order valence-electron chi connectivity index (χ4n) is 2.34. The molecule has 1 saturated heterocycles. The molecule has 2 amide bonds. The molecule has 0 bridgehead atoms. The van der Waals surface area contributed by atoms with Crippen molar-refractivity contribution in [1.29, 1.82) is 0 Å². The van der Waals surface area contributed by atoms with E-state index in [0.29, 0.717) is 6.42 Å². The van der Waals surface area contributed by atoms with E-state index in [-0.39, 0.29) is 16.4 Å². The molecule has 1 aromatic carbocycles. The molecule has 3 rings (SSSR count). The first-order valence-corrected chi connectivity index (χ1v) is 7.82. The Labute approximate surface area is 122 Å². The summed E-state index contributed by atoms with van der Waals surface area (Å²) in [7, 11) is 0. The van der Waals surface area contributed by atoms with E-state index in [0.717, 1.165) is 35.6 Å². The van der Waals surface area contributed by atoms with Crippen LogP contribution in [0.2, 0.25) is 0 Å². The Morgan fingerprint density at radius 3 is 2.50 bits per heavy atom. The summed E-state index contributed by atoms with van der Waals surface area (Å²) in [5.74, 6) is 1.41. The van der Waals surface area contributed by atoms with Crippen LogP contribution in [-0.2, 0) is 11.2 Å². The van der Waals surface area contributed by atoms with Crippen molar-refractivity contribution in [3.8, 4) is 5.75 Å². The molecule has 1 aliphatic carbocycles.